The number of rotatable bonds is 3. The number of morpholine rings is 1. The summed E-state index contributed by atoms with van der Waals surface area (Å²) in [6, 6.07) is 6.67. The predicted octanol–water partition coefficient (Wildman–Crippen LogP) is 2.83. The number of hydrogen-bond donors (Lipinski definition) is 1. The molecule has 1 aromatic carbocycles. The van der Waals surface area contributed by atoms with E-state index in [-0.39, 0.29) is 18.2 Å². The first kappa shape index (κ1) is 13.4. The molecule has 1 heterocycles. The maximum Gasteiger partial charge on any atom is 0.122 e. The van der Waals surface area contributed by atoms with Gasteiger partial charge in [0, 0.05) is 6.54 Å². The third kappa shape index (κ3) is 3.03. The fraction of sp³-hybridized carbons (Fsp3) is 0.600. The van der Waals surface area contributed by atoms with Gasteiger partial charge in [-0.25, -0.2) is 0 Å². The second-order valence-electron chi connectivity index (χ2n) is 5.20. The Kier molecular flexibility index (Phi) is 4.25. The van der Waals surface area contributed by atoms with E-state index in [1.807, 2.05) is 13.8 Å². The van der Waals surface area contributed by atoms with Crippen molar-refractivity contribution in [1.82, 2.24) is 5.32 Å². The number of ether oxygens (including phenoxy) is 2. The van der Waals surface area contributed by atoms with Crippen molar-refractivity contribution in [2.24, 2.45) is 0 Å². The van der Waals surface area contributed by atoms with Gasteiger partial charge >= 0.3 is 0 Å². The third-order valence-electron chi connectivity index (χ3n) is 3.24. The van der Waals surface area contributed by atoms with Crippen molar-refractivity contribution in [3.63, 3.8) is 0 Å². The minimum Gasteiger partial charge on any atom is -0.491 e. The van der Waals surface area contributed by atoms with Crippen LogP contribution in [0.25, 0.3) is 0 Å². The Morgan fingerprint density at radius 1 is 1.39 bits per heavy atom. The van der Waals surface area contributed by atoms with Gasteiger partial charge in [-0.3, -0.25) is 0 Å². The molecule has 3 heteroatoms. The minimum absolute atomic E-state index is 0.213. The first-order chi connectivity index (χ1) is 8.58. The van der Waals surface area contributed by atoms with E-state index in [2.05, 4.69) is 37.4 Å². The van der Waals surface area contributed by atoms with E-state index >= 15 is 0 Å². The highest BCUT2D eigenvalue weighted by Crippen LogP contribution is 2.27. The molecule has 0 bridgehead atoms. The van der Waals surface area contributed by atoms with Crippen LogP contribution in [0.2, 0.25) is 0 Å². The summed E-state index contributed by atoms with van der Waals surface area (Å²) < 4.78 is 11.4. The SMILES string of the molecule is Cc1cc(C2NCCOC2C)ccc1OC(C)C. The first-order valence-electron chi connectivity index (χ1n) is 6.70. The van der Waals surface area contributed by atoms with Gasteiger partial charge in [-0.2, -0.15) is 0 Å². The van der Waals surface area contributed by atoms with Crippen LogP contribution in [0, 0.1) is 6.92 Å². The van der Waals surface area contributed by atoms with Gasteiger partial charge in [0.15, 0.2) is 0 Å². The van der Waals surface area contributed by atoms with E-state index in [9.17, 15) is 0 Å². The lowest BCUT2D eigenvalue weighted by atomic mass is 9.99. The van der Waals surface area contributed by atoms with Crippen LogP contribution in [0.15, 0.2) is 18.2 Å². The fourth-order valence-corrected chi connectivity index (χ4v) is 2.36. The van der Waals surface area contributed by atoms with Crippen molar-refractivity contribution in [2.45, 2.75) is 45.9 Å². The molecule has 0 aromatic heterocycles. The summed E-state index contributed by atoms with van der Waals surface area (Å²) in [5.41, 5.74) is 2.46. The normalized spacial score (nSPS) is 24.3. The van der Waals surface area contributed by atoms with Crippen LogP contribution < -0.4 is 10.1 Å². The zero-order valence-corrected chi connectivity index (χ0v) is 11.7. The molecule has 1 aliphatic heterocycles. The topological polar surface area (TPSA) is 30.5 Å². The summed E-state index contributed by atoms with van der Waals surface area (Å²) in [4.78, 5) is 0. The van der Waals surface area contributed by atoms with Crippen molar-refractivity contribution in [1.29, 1.82) is 0 Å². The molecule has 2 atom stereocenters. The summed E-state index contributed by atoms with van der Waals surface area (Å²) in [7, 11) is 0. The van der Waals surface area contributed by atoms with Crippen molar-refractivity contribution < 1.29 is 9.47 Å². The Morgan fingerprint density at radius 3 is 2.78 bits per heavy atom. The van der Waals surface area contributed by atoms with Gasteiger partial charge in [0.25, 0.3) is 0 Å². The lowest BCUT2D eigenvalue weighted by molar-refractivity contribution is 0.00753. The summed E-state index contributed by atoms with van der Waals surface area (Å²) in [5.74, 6) is 0.970. The molecule has 1 fully saturated rings. The highest BCUT2D eigenvalue weighted by atomic mass is 16.5. The molecular weight excluding hydrogens is 226 g/mol. The zero-order valence-electron chi connectivity index (χ0n) is 11.7. The highest BCUT2D eigenvalue weighted by Gasteiger charge is 2.23. The molecule has 2 unspecified atom stereocenters. The molecule has 18 heavy (non-hydrogen) atoms. The first-order valence-corrected chi connectivity index (χ1v) is 6.70. The van der Waals surface area contributed by atoms with E-state index in [0.29, 0.717) is 0 Å². The minimum atomic E-state index is 0.213. The molecule has 1 N–H and O–H groups in total. The predicted molar refractivity (Wildman–Crippen MR) is 73.1 cm³/mol. The smallest absolute Gasteiger partial charge is 0.122 e. The second-order valence-corrected chi connectivity index (χ2v) is 5.20. The van der Waals surface area contributed by atoms with Gasteiger partial charge in [0.2, 0.25) is 0 Å². The maximum absolute atomic E-state index is 5.76. The largest absolute Gasteiger partial charge is 0.491 e. The number of aryl methyl sites for hydroxylation is 1. The van der Waals surface area contributed by atoms with Crippen LogP contribution in [-0.2, 0) is 4.74 Å². The lowest BCUT2D eigenvalue weighted by Gasteiger charge is -2.31. The zero-order chi connectivity index (χ0) is 13.1. The Hall–Kier alpha value is -1.06. The van der Waals surface area contributed by atoms with E-state index < -0.39 is 0 Å². The Labute approximate surface area is 109 Å². The quantitative estimate of drug-likeness (QED) is 0.893. The van der Waals surface area contributed by atoms with Gasteiger partial charge in [-0.15, -0.1) is 0 Å². The number of benzene rings is 1. The molecule has 1 aromatic rings. The Bertz CT molecular complexity index is 403. The summed E-state index contributed by atoms with van der Waals surface area (Å²) >= 11 is 0. The lowest BCUT2D eigenvalue weighted by Crippen LogP contribution is -2.40. The van der Waals surface area contributed by atoms with Gasteiger partial charge < -0.3 is 14.8 Å². The van der Waals surface area contributed by atoms with Gasteiger partial charge in [0.05, 0.1) is 24.9 Å². The molecule has 100 valence electrons. The average Bonchev–Trinajstić information content (AvgIpc) is 2.32. The van der Waals surface area contributed by atoms with Crippen molar-refractivity contribution in [3.05, 3.63) is 29.3 Å². The maximum atomic E-state index is 5.76. The van der Waals surface area contributed by atoms with Gasteiger partial charge in [-0.1, -0.05) is 12.1 Å². The molecule has 0 saturated carbocycles. The summed E-state index contributed by atoms with van der Waals surface area (Å²) in [6.07, 6.45) is 0.430. The van der Waals surface area contributed by atoms with E-state index in [1.54, 1.807) is 0 Å². The Morgan fingerprint density at radius 2 is 2.17 bits per heavy atom. The molecule has 0 amide bonds. The number of nitrogens with one attached hydrogen (secondary N) is 1. The summed E-state index contributed by atoms with van der Waals surface area (Å²) in [5, 5.41) is 3.51. The van der Waals surface area contributed by atoms with Gasteiger partial charge in [0.1, 0.15) is 5.75 Å². The average molecular weight is 249 g/mol. The summed E-state index contributed by atoms with van der Waals surface area (Å²) in [6.45, 7) is 10.0. The molecule has 0 radical (unpaired) electrons. The van der Waals surface area contributed by atoms with Crippen LogP contribution in [0.4, 0.5) is 0 Å². The van der Waals surface area contributed by atoms with E-state index in [4.69, 9.17) is 9.47 Å². The van der Waals surface area contributed by atoms with E-state index in [1.165, 1.54) is 11.1 Å². The molecule has 0 spiro atoms. The molecular formula is C15H23NO2. The van der Waals surface area contributed by atoms with Crippen molar-refractivity contribution >= 4 is 0 Å². The van der Waals surface area contributed by atoms with E-state index in [0.717, 1.165) is 18.9 Å². The van der Waals surface area contributed by atoms with Crippen LogP contribution in [0.1, 0.15) is 37.9 Å². The molecule has 1 saturated heterocycles. The number of hydrogen-bond acceptors (Lipinski definition) is 3. The highest BCUT2D eigenvalue weighted by molar-refractivity contribution is 5.38. The third-order valence-corrected chi connectivity index (χ3v) is 3.24. The molecule has 2 rings (SSSR count). The fourth-order valence-electron chi connectivity index (χ4n) is 2.36. The van der Waals surface area contributed by atoms with Crippen LogP contribution in [-0.4, -0.2) is 25.4 Å². The monoisotopic (exact) mass is 249 g/mol. The standard InChI is InChI=1S/C15H23NO2/c1-10(2)18-14-6-5-13(9-11(14)3)15-12(4)17-8-7-16-15/h5-6,9-10,12,15-16H,7-8H2,1-4H3. The van der Waals surface area contributed by atoms with Crippen molar-refractivity contribution in [3.8, 4) is 5.75 Å². The van der Waals surface area contributed by atoms with Gasteiger partial charge in [-0.05, 0) is 44.9 Å². The molecule has 1 aliphatic rings. The van der Waals surface area contributed by atoms with Crippen LogP contribution >= 0.6 is 0 Å². The Balaban J connectivity index is 2.17. The molecule has 0 aliphatic carbocycles. The second kappa shape index (κ2) is 5.72. The molecule has 3 nitrogen and oxygen atoms in total. The van der Waals surface area contributed by atoms with Crippen molar-refractivity contribution in [2.75, 3.05) is 13.2 Å². The van der Waals surface area contributed by atoms with Crippen LogP contribution in [0.5, 0.6) is 5.75 Å². The van der Waals surface area contributed by atoms with Crippen LogP contribution in [0.3, 0.4) is 0 Å².